The Morgan fingerprint density at radius 3 is 2.43 bits per heavy atom. The number of aromatic nitrogens is 1. The second-order valence-corrected chi connectivity index (χ2v) is 7.24. The summed E-state index contributed by atoms with van der Waals surface area (Å²) < 4.78 is 61.7. The van der Waals surface area contributed by atoms with Crippen molar-refractivity contribution in [2.24, 2.45) is 0 Å². The molecule has 0 saturated carbocycles. The molecule has 0 saturated heterocycles. The molecule has 116 valence electrons. The lowest BCUT2D eigenvalue weighted by Crippen LogP contribution is -2.10. The van der Waals surface area contributed by atoms with Gasteiger partial charge in [0.2, 0.25) is 0 Å². The highest BCUT2D eigenvalue weighted by atomic mass is 35.7. The number of benzene rings is 1. The molecule has 0 fully saturated rings. The molecular formula is C13H13ClF3NO2S. The Bertz CT molecular complexity index is 766. The summed E-state index contributed by atoms with van der Waals surface area (Å²) in [4.78, 5) is -0.0354. The van der Waals surface area contributed by atoms with Crippen LogP contribution in [0.1, 0.15) is 18.5 Å². The highest BCUT2D eigenvalue weighted by molar-refractivity contribution is 8.14. The summed E-state index contributed by atoms with van der Waals surface area (Å²) in [7, 11) is 1.48. The van der Waals surface area contributed by atoms with Crippen molar-refractivity contribution in [3.8, 4) is 0 Å². The van der Waals surface area contributed by atoms with Crippen molar-refractivity contribution in [3.05, 3.63) is 30.0 Å². The van der Waals surface area contributed by atoms with Gasteiger partial charge in [0.25, 0.3) is 9.05 Å². The van der Waals surface area contributed by atoms with Gasteiger partial charge in [0.15, 0.2) is 0 Å². The van der Waals surface area contributed by atoms with Gasteiger partial charge in [-0.1, -0.05) is 18.2 Å². The Kier molecular flexibility index (Phi) is 4.26. The molecule has 0 amide bonds. The number of hydrogen-bond donors (Lipinski definition) is 0. The largest absolute Gasteiger partial charge is 0.389 e. The monoisotopic (exact) mass is 339 g/mol. The van der Waals surface area contributed by atoms with Gasteiger partial charge >= 0.3 is 6.18 Å². The summed E-state index contributed by atoms with van der Waals surface area (Å²) in [5.74, 6) is 0. The third-order valence-corrected chi connectivity index (χ3v) is 4.72. The van der Waals surface area contributed by atoms with E-state index in [0.29, 0.717) is 16.6 Å². The SMILES string of the molecule is Cc1c(S(=O)(=O)Cl)c2ccccc2n1CCCC(F)(F)F. The first-order valence-electron chi connectivity index (χ1n) is 6.20. The molecule has 0 radical (unpaired) electrons. The zero-order chi connectivity index (χ0) is 15.8. The van der Waals surface area contributed by atoms with Crippen molar-refractivity contribution in [2.75, 3.05) is 0 Å². The van der Waals surface area contributed by atoms with Gasteiger partial charge in [-0.3, -0.25) is 0 Å². The molecule has 2 rings (SSSR count). The van der Waals surface area contributed by atoms with E-state index in [1.807, 2.05) is 0 Å². The minimum Gasteiger partial charge on any atom is -0.343 e. The van der Waals surface area contributed by atoms with Gasteiger partial charge in [-0.2, -0.15) is 13.2 Å². The molecule has 1 aromatic carbocycles. The summed E-state index contributed by atoms with van der Waals surface area (Å²) >= 11 is 0. The van der Waals surface area contributed by atoms with Crippen LogP contribution in [0, 0.1) is 6.92 Å². The highest BCUT2D eigenvalue weighted by Gasteiger charge is 2.27. The Hall–Kier alpha value is -1.21. The van der Waals surface area contributed by atoms with Crippen LogP contribution in [0.4, 0.5) is 13.2 Å². The number of para-hydroxylation sites is 1. The number of halogens is 4. The molecule has 0 aliphatic carbocycles. The number of fused-ring (bicyclic) bond motifs is 1. The lowest BCUT2D eigenvalue weighted by atomic mass is 10.2. The van der Waals surface area contributed by atoms with Crippen LogP contribution in [0.15, 0.2) is 29.2 Å². The molecule has 0 aliphatic rings. The first-order valence-corrected chi connectivity index (χ1v) is 8.51. The van der Waals surface area contributed by atoms with Gasteiger partial charge in [0, 0.05) is 40.2 Å². The van der Waals surface area contributed by atoms with Crippen molar-refractivity contribution in [3.63, 3.8) is 0 Å². The van der Waals surface area contributed by atoms with Crippen LogP contribution >= 0.6 is 10.7 Å². The van der Waals surface area contributed by atoms with Crippen molar-refractivity contribution >= 4 is 30.6 Å². The Morgan fingerprint density at radius 2 is 1.86 bits per heavy atom. The summed E-state index contributed by atoms with van der Waals surface area (Å²) in [6.45, 7) is 1.63. The predicted molar refractivity (Wildman–Crippen MR) is 75.0 cm³/mol. The van der Waals surface area contributed by atoms with Gasteiger partial charge in [-0.05, 0) is 19.4 Å². The third kappa shape index (κ3) is 3.52. The Labute approximate surface area is 124 Å². The van der Waals surface area contributed by atoms with Crippen LogP contribution in [0.2, 0.25) is 0 Å². The van der Waals surface area contributed by atoms with Crippen LogP contribution in [-0.2, 0) is 15.6 Å². The molecule has 0 unspecified atom stereocenters. The fourth-order valence-corrected chi connectivity index (χ4v) is 3.92. The molecule has 0 spiro atoms. The lowest BCUT2D eigenvalue weighted by Gasteiger charge is -2.10. The molecule has 0 bridgehead atoms. The Balaban J connectivity index is 2.47. The molecule has 21 heavy (non-hydrogen) atoms. The molecule has 0 aliphatic heterocycles. The average Bonchev–Trinajstić information content (AvgIpc) is 2.60. The fourth-order valence-electron chi connectivity index (χ4n) is 2.43. The van der Waals surface area contributed by atoms with Gasteiger partial charge in [-0.25, -0.2) is 8.42 Å². The van der Waals surface area contributed by atoms with Gasteiger partial charge < -0.3 is 4.57 Å². The van der Waals surface area contributed by atoms with Crippen molar-refractivity contribution < 1.29 is 21.6 Å². The number of alkyl halides is 3. The van der Waals surface area contributed by atoms with E-state index >= 15 is 0 Å². The van der Waals surface area contributed by atoms with E-state index in [-0.39, 0.29) is 17.9 Å². The van der Waals surface area contributed by atoms with E-state index in [0.717, 1.165) is 0 Å². The summed E-state index contributed by atoms with van der Waals surface area (Å²) in [5, 5.41) is 0.428. The maximum absolute atomic E-state index is 12.2. The predicted octanol–water partition coefficient (Wildman–Crippen LogP) is 4.22. The fraction of sp³-hybridized carbons (Fsp3) is 0.385. The summed E-state index contributed by atoms with van der Waals surface area (Å²) in [6.07, 6.45) is -5.26. The summed E-state index contributed by atoms with van der Waals surface area (Å²) in [5.41, 5.74) is 0.921. The van der Waals surface area contributed by atoms with Crippen LogP contribution in [-0.4, -0.2) is 19.2 Å². The first-order chi connectivity index (χ1) is 9.61. The van der Waals surface area contributed by atoms with Gasteiger partial charge in [0.05, 0.1) is 0 Å². The molecule has 0 atom stereocenters. The van der Waals surface area contributed by atoms with Crippen LogP contribution < -0.4 is 0 Å². The standard InChI is InChI=1S/C13H13ClF3NO2S/c1-9-12(21(14,19)20)10-5-2-3-6-11(10)18(9)8-4-7-13(15,16)17/h2-3,5-6H,4,7-8H2,1H3. The second-order valence-electron chi connectivity index (χ2n) is 4.74. The maximum Gasteiger partial charge on any atom is 0.389 e. The zero-order valence-corrected chi connectivity index (χ0v) is 12.7. The summed E-state index contributed by atoms with van der Waals surface area (Å²) in [6, 6.07) is 6.62. The first kappa shape index (κ1) is 16.2. The Morgan fingerprint density at radius 1 is 1.24 bits per heavy atom. The van der Waals surface area contributed by atoms with Crippen molar-refractivity contribution in [1.82, 2.24) is 4.57 Å². The highest BCUT2D eigenvalue weighted by Crippen LogP contribution is 2.32. The van der Waals surface area contributed by atoms with E-state index in [1.165, 1.54) is 0 Å². The van der Waals surface area contributed by atoms with Crippen LogP contribution in [0.3, 0.4) is 0 Å². The molecule has 1 heterocycles. The van der Waals surface area contributed by atoms with Gasteiger partial charge in [0.1, 0.15) is 4.90 Å². The minimum absolute atomic E-state index is 0.0354. The lowest BCUT2D eigenvalue weighted by molar-refractivity contribution is -0.135. The van der Waals surface area contributed by atoms with Crippen molar-refractivity contribution in [1.29, 1.82) is 0 Å². The van der Waals surface area contributed by atoms with E-state index in [2.05, 4.69) is 0 Å². The second kappa shape index (κ2) is 5.53. The number of hydrogen-bond acceptors (Lipinski definition) is 2. The smallest absolute Gasteiger partial charge is 0.343 e. The molecule has 0 N–H and O–H groups in total. The van der Waals surface area contributed by atoms with E-state index in [9.17, 15) is 21.6 Å². The zero-order valence-electron chi connectivity index (χ0n) is 11.1. The maximum atomic E-state index is 12.2. The van der Waals surface area contributed by atoms with E-state index in [4.69, 9.17) is 10.7 Å². The molecule has 1 aromatic heterocycles. The molecule has 3 nitrogen and oxygen atoms in total. The average molecular weight is 340 g/mol. The van der Waals surface area contributed by atoms with Crippen LogP contribution in [0.25, 0.3) is 10.9 Å². The van der Waals surface area contributed by atoms with Crippen LogP contribution in [0.5, 0.6) is 0 Å². The van der Waals surface area contributed by atoms with Gasteiger partial charge in [-0.15, -0.1) is 0 Å². The van der Waals surface area contributed by atoms with E-state index in [1.54, 1.807) is 35.8 Å². The number of rotatable bonds is 4. The molecule has 8 heteroatoms. The normalized spacial score (nSPS) is 13.0. The third-order valence-electron chi connectivity index (χ3n) is 3.26. The molecular weight excluding hydrogens is 327 g/mol. The van der Waals surface area contributed by atoms with Crippen molar-refractivity contribution in [2.45, 2.75) is 37.4 Å². The topological polar surface area (TPSA) is 39.1 Å². The van der Waals surface area contributed by atoms with E-state index < -0.39 is 21.6 Å². The number of nitrogens with zero attached hydrogens (tertiary/aromatic N) is 1. The quantitative estimate of drug-likeness (QED) is 0.782. The number of aryl methyl sites for hydroxylation is 1. The minimum atomic E-state index is -4.22. The molecule has 2 aromatic rings.